The topological polar surface area (TPSA) is 59.5 Å². The van der Waals surface area contributed by atoms with Gasteiger partial charge in [-0.2, -0.15) is 4.99 Å². The monoisotopic (exact) mass is 686 g/mol. The minimum Gasteiger partial charge on any atom is -0.330 e. The first-order valence-corrected chi connectivity index (χ1v) is 18.6. The summed E-state index contributed by atoms with van der Waals surface area (Å²) in [6, 6.07) is 47.1. The zero-order chi connectivity index (χ0) is 35.5. The van der Waals surface area contributed by atoms with Gasteiger partial charge in [0.1, 0.15) is 6.17 Å². The number of hydrogen-bond acceptors (Lipinski definition) is 4. The van der Waals surface area contributed by atoms with Gasteiger partial charge in [0.25, 0.3) is 0 Å². The maximum Gasteiger partial charge on any atom is 0.211 e. The maximum atomic E-state index is 5.25. The molecule has 4 heterocycles. The van der Waals surface area contributed by atoms with Crippen molar-refractivity contribution in [1.82, 2.24) is 19.4 Å². The number of fused-ring (bicyclic) bond motifs is 7. The molecule has 5 aromatic carbocycles. The number of amidine groups is 1. The number of aliphatic imine (C=N–C) groups is 2. The Hall–Kier alpha value is -6.53. The lowest BCUT2D eigenvalue weighted by atomic mass is 9.99. The second kappa shape index (κ2) is 12.6. The van der Waals surface area contributed by atoms with Gasteiger partial charge in [0.2, 0.25) is 5.96 Å². The van der Waals surface area contributed by atoms with Crippen LogP contribution in [0.1, 0.15) is 25.8 Å². The lowest BCUT2D eigenvalue weighted by Crippen LogP contribution is -2.43. The summed E-state index contributed by atoms with van der Waals surface area (Å²) in [5.74, 6) is 2.80. The Balaban J connectivity index is 0.00000172. The van der Waals surface area contributed by atoms with Crippen LogP contribution in [-0.2, 0) is 0 Å². The fourth-order valence-electron chi connectivity index (χ4n) is 8.14. The van der Waals surface area contributed by atoms with E-state index in [0.717, 1.165) is 67.1 Å². The normalized spacial score (nSPS) is 18.9. The molecule has 1 aliphatic heterocycles. The largest absolute Gasteiger partial charge is 0.330 e. The van der Waals surface area contributed by atoms with E-state index in [0.29, 0.717) is 11.8 Å². The quantitative estimate of drug-likeness (QED) is 0.200. The van der Waals surface area contributed by atoms with Gasteiger partial charge in [-0.1, -0.05) is 123 Å². The van der Waals surface area contributed by atoms with Crippen LogP contribution in [0.5, 0.6) is 0 Å². The van der Waals surface area contributed by atoms with E-state index in [1.54, 1.807) is 0 Å². The van der Waals surface area contributed by atoms with Crippen molar-refractivity contribution in [3.05, 3.63) is 169 Å². The number of nitrogens with zero attached hydrogens (tertiary/aromatic N) is 5. The smallest absolute Gasteiger partial charge is 0.211 e. The van der Waals surface area contributed by atoms with Crippen molar-refractivity contribution < 1.29 is 0 Å². The molecule has 0 saturated heterocycles. The Morgan fingerprint density at radius 3 is 2.25 bits per heavy atom. The van der Waals surface area contributed by atoms with Crippen molar-refractivity contribution in [1.29, 1.82) is 0 Å². The average molecular weight is 687 g/mol. The van der Waals surface area contributed by atoms with Crippen LogP contribution in [0.25, 0.3) is 60.6 Å². The van der Waals surface area contributed by atoms with Crippen LogP contribution < -0.4 is 5.32 Å². The van der Waals surface area contributed by atoms with Crippen LogP contribution in [0.4, 0.5) is 0 Å². The van der Waals surface area contributed by atoms with Crippen molar-refractivity contribution in [3.8, 4) is 16.8 Å². The van der Waals surface area contributed by atoms with Gasteiger partial charge in [-0.15, -0.1) is 0 Å². The molecule has 53 heavy (non-hydrogen) atoms. The lowest BCUT2D eigenvalue weighted by molar-refractivity contribution is 0.704. The molecule has 8 aromatic rings. The molecule has 11 rings (SSSR count). The predicted molar refractivity (Wildman–Crippen MR) is 220 cm³/mol. The molecular weight excluding hydrogens is 649 g/mol. The lowest BCUT2D eigenvalue weighted by Gasteiger charge is -2.26. The van der Waals surface area contributed by atoms with E-state index in [-0.39, 0.29) is 6.17 Å². The van der Waals surface area contributed by atoms with E-state index in [2.05, 4.69) is 154 Å². The molecule has 256 valence electrons. The SMILES string of the molecule is C1=CC2CC2C=C1C1N=C(c2ccccc2)N=C(n2c3ccccc3c3ccc(-c4cccc5c4c4ncccc4n5-c4ccccc4)cc32)N1.CC. The summed E-state index contributed by atoms with van der Waals surface area (Å²) in [5, 5.41) is 7.27. The summed E-state index contributed by atoms with van der Waals surface area (Å²) in [6.45, 7) is 4.00. The standard InChI is InChI=1S/C45H32N6.C2H6/c1-3-11-28(12-4-1)43-47-44(31-21-20-29-25-32(29)26-31)49-45(48-43)51-37-17-8-7-15-35(37)36-23-22-30(27-40(36)51)34-16-9-18-38-41(34)42-39(19-10-24-46-42)50(38)33-13-5-2-6-14-33;1-2/h1-24,26-27,29,32,44H,25H2,(H,47,48,49);1-2H3. The van der Waals surface area contributed by atoms with Gasteiger partial charge in [-0.05, 0) is 77.4 Å². The predicted octanol–water partition coefficient (Wildman–Crippen LogP) is 10.7. The van der Waals surface area contributed by atoms with Crippen LogP contribution in [0.3, 0.4) is 0 Å². The Morgan fingerprint density at radius 2 is 1.40 bits per heavy atom. The van der Waals surface area contributed by atoms with E-state index in [1.807, 2.05) is 32.2 Å². The Bertz CT molecular complexity index is 2820. The molecular formula is C47H38N6. The van der Waals surface area contributed by atoms with Crippen molar-refractivity contribution in [3.63, 3.8) is 0 Å². The summed E-state index contributed by atoms with van der Waals surface area (Å²) >= 11 is 0. The third-order valence-electron chi connectivity index (χ3n) is 10.7. The number of rotatable bonds is 4. The summed E-state index contributed by atoms with van der Waals surface area (Å²) in [4.78, 5) is 15.4. The number of hydrogen-bond donors (Lipinski definition) is 1. The Kier molecular flexibility index (Phi) is 7.42. The van der Waals surface area contributed by atoms with E-state index in [9.17, 15) is 0 Å². The molecule has 6 nitrogen and oxygen atoms in total. The molecule has 3 unspecified atom stereocenters. The first kappa shape index (κ1) is 31.2. The molecule has 1 saturated carbocycles. The minimum atomic E-state index is -0.242. The van der Waals surface area contributed by atoms with Gasteiger partial charge in [0, 0.05) is 33.6 Å². The molecule has 0 spiro atoms. The van der Waals surface area contributed by atoms with Crippen LogP contribution in [-0.4, -0.2) is 32.1 Å². The third kappa shape index (κ3) is 5.13. The van der Waals surface area contributed by atoms with Crippen LogP contribution in [0.15, 0.2) is 173 Å². The van der Waals surface area contributed by atoms with E-state index >= 15 is 0 Å². The second-order valence-electron chi connectivity index (χ2n) is 13.7. The van der Waals surface area contributed by atoms with Gasteiger partial charge in [0.05, 0.1) is 27.6 Å². The molecule has 3 atom stereocenters. The molecule has 3 aliphatic rings. The first-order valence-electron chi connectivity index (χ1n) is 18.6. The summed E-state index contributed by atoms with van der Waals surface area (Å²) in [5.41, 5.74) is 11.0. The second-order valence-corrected chi connectivity index (χ2v) is 13.7. The van der Waals surface area contributed by atoms with Gasteiger partial charge in [-0.25, -0.2) is 4.99 Å². The molecule has 0 amide bonds. The maximum absolute atomic E-state index is 5.25. The number of nitrogens with one attached hydrogen (secondary N) is 1. The highest BCUT2D eigenvalue weighted by molar-refractivity contribution is 6.19. The molecule has 1 N–H and O–H groups in total. The molecule has 1 fully saturated rings. The van der Waals surface area contributed by atoms with Crippen LogP contribution >= 0.6 is 0 Å². The Morgan fingerprint density at radius 1 is 0.642 bits per heavy atom. The van der Waals surface area contributed by atoms with Gasteiger partial charge >= 0.3 is 0 Å². The van der Waals surface area contributed by atoms with Gasteiger partial charge in [0.15, 0.2) is 5.84 Å². The van der Waals surface area contributed by atoms with Gasteiger partial charge in [-0.3, -0.25) is 9.55 Å². The fraction of sp³-hybridized carbons (Fsp3) is 0.128. The molecule has 3 aromatic heterocycles. The van der Waals surface area contributed by atoms with Crippen molar-refractivity contribution in [2.24, 2.45) is 21.8 Å². The number of allylic oxidation sites excluding steroid dienone is 2. The number of para-hydroxylation sites is 2. The van der Waals surface area contributed by atoms with Crippen molar-refractivity contribution in [2.45, 2.75) is 26.4 Å². The summed E-state index contributed by atoms with van der Waals surface area (Å²) in [7, 11) is 0. The zero-order valence-electron chi connectivity index (χ0n) is 29.7. The van der Waals surface area contributed by atoms with Gasteiger partial charge < -0.3 is 9.88 Å². The van der Waals surface area contributed by atoms with E-state index < -0.39 is 0 Å². The molecule has 6 heteroatoms. The number of aromatic nitrogens is 3. The van der Waals surface area contributed by atoms with Crippen LogP contribution in [0.2, 0.25) is 0 Å². The van der Waals surface area contributed by atoms with E-state index in [4.69, 9.17) is 15.0 Å². The highest BCUT2D eigenvalue weighted by Gasteiger charge is 2.37. The molecule has 2 aliphatic carbocycles. The average Bonchev–Trinajstić information content (AvgIpc) is 3.84. The minimum absolute atomic E-state index is 0.242. The van der Waals surface area contributed by atoms with Crippen LogP contribution in [0, 0.1) is 11.8 Å². The fourth-order valence-corrected chi connectivity index (χ4v) is 8.14. The zero-order valence-corrected chi connectivity index (χ0v) is 29.7. The number of pyridine rings is 1. The van der Waals surface area contributed by atoms with Crippen molar-refractivity contribution >= 4 is 55.5 Å². The third-order valence-corrected chi connectivity index (χ3v) is 10.7. The summed E-state index contributed by atoms with van der Waals surface area (Å²) < 4.78 is 4.61. The summed E-state index contributed by atoms with van der Waals surface area (Å²) in [6.07, 6.45) is 9.89. The highest BCUT2D eigenvalue weighted by atomic mass is 15.3. The van der Waals surface area contributed by atoms with Crippen molar-refractivity contribution in [2.75, 3.05) is 0 Å². The highest BCUT2D eigenvalue weighted by Crippen LogP contribution is 2.45. The molecule has 0 bridgehead atoms. The molecule has 0 radical (unpaired) electrons. The van der Waals surface area contributed by atoms with E-state index in [1.165, 1.54) is 22.8 Å². The number of benzene rings is 5. The Labute approximate surface area is 308 Å². The first-order chi connectivity index (χ1) is 26.3.